The zero-order valence-electron chi connectivity index (χ0n) is 17.7. The molecule has 0 atom stereocenters. The standard InChI is InChI=1S/C30H18N2O/c1-2-8-18(9-3-1)32-26-13-7-5-10-19(26)22-17-28-23(16-27(22)32)20-14-15-25-29(30(20)33-28)21-11-4-6-12-24(21)31-25/h1-17,31H. The lowest BCUT2D eigenvalue weighted by Gasteiger charge is -2.07. The molecule has 3 aromatic heterocycles. The highest BCUT2D eigenvalue weighted by atomic mass is 16.3. The largest absolute Gasteiger partial charge is 0.455 e. The van der Waals surface area contributed by atoms with Crippen LogP contribution in [0.3, 0.4) is 0 Å². The number of hydrogen-bond acceptors (Lipinski definition) is 1. The number of H-pyrrole nitrogens is 1. The van der Waals surface area contributed by atoms with E-state index in [-0.39, 0.29) is 0 Å². The molecule has 3 nitrogen and oxygen atoms in total. The molecule has 3 heteroatoms. The van der Waals surface area contributed by atoms with E-state index in [4.69, 9.17) is 4.42 Å². The third kappa shape index (κ3) is 2.18. The van der Waals surface area contributed by atoms with Crippen molar-refractivity contribution in [2.24, 2.45) is 0 Å². The Morgan fingerprint density at radius 1 is 0.545 bits per heavy atom. The minimum absolute atomic E-state index is 0.922. The summed E-state index contributed by atoms with van der Waals surface area (Å²) in [6.45, 7) is 0. The summed E-state index contributed by atoms with van der Waals surface area (Å²) in [5.74, 6) is 0. The lowest BCUT2D eigenvalue weighted by atomic mass is 10.1. The fraction of sp³-hybridized carbons (Fsp3) is 0. The summed E-state index contributed by atoms with van der Waals surface area (Å²) in [7, 11) is 0. The smallest absolute Gasteiger partial charge is 0.145 e. The summed E-state index contributed by atoms with van der Waals surface area (Å²) >= 11 is 0. The van der Waals surface area contributed by atoms with Crippen LogP contribution in [0.15, 0.2) is 108 Å². The molecular weight excluding hydrogens is 404 g/mol. The highest BCUT2D eigenvalue weighted by molar-refractivity contribution is 6.25. The Morgan fingerprint density at radius 2 is 1.33 bits per heavy atom. The SMILES string of the molecule is c1ccc(-n2c3ccccc3c3cc4oc5c(ccc6[nH]c7ccccc7c65)c4cc32)cc1. The summed E-state index contributed by atoms with van der Waals surface area (Å²) in [5.41, 5.74) is 7.66. The Labute approximate surface area is 188 Å². The molecular formula is C30H18N2O. The molecule has 0 aliphatic heterocycles. The third-order valence-electron chi connectivity index (χ3n) is 6.91. The molecule has 154 valence electrons. The number of nitrogens with zero attached hydrogens (tertiary/aromatic N) is 1. The minimum atomic E-state index is 0.922. The third-order valence-corrected chi connectivity index (χ3v) is 6.91. The van der Waals surface area contributed by atoms with Crippen LogP contribution >= 0.6 is 0 Å². The van der Waals surface area contributed by atoms with Crippen LogP contribution < -0.4 is 0 Å². The van der Waals surface area contributed by atoms with Crippen molar-refractivity contribution in [3.63, 3.8) is 0 Å². The van der Waals surface area contributed by atoms with Crippen LogP contribution in [0.4, 0.5) is 0 Å². The van der Waals surface area contributed by atoms with Gasteiger partial charge in [0.15, 0.2) is 0 Å². The van der Waals surface area contributed by atoms with Gasteiger partial charge in [-0.3, -0.25) is 0 Å². The van der Waals surface area contributed by atoms with Gasteiger partial charge in [-0.05, 0) is 48.5 Å². The van der Waals surface area contributed by atoms with Crippen LogP contribution in [0.25, 0.3) is 71.2 Å². The second-order valence-corrected chi connectivity index (χ2v) is 8.69. The first-order valence-electron chi connectivity index (χ1n) is 11.2. The summed E-state index contributed by atoms with van der Waals surface area (Å²) in [6, 6.07) is 36.5. The molecule has 3 heterocycles. The van der Waals surface area contributed by atoms with Crippen molar-refractivity contribution in [2.45, 2.75) is 0 Å². The number of para-hydroxylation sites is 3. The molecule has 0 saturated carbocycles. The molecule has 1 N–H and O–H groups in total. The second kappa shape index (κ2) is 6.05. The van der Waals surface area contributed by atoms with Crippen LogP contribution in [-0.2, 0) is 0 Å². The summed E-state index contributed by atoms with van der Waals surface area (Å²) in [6.07, 6.45) is 0. The van der Waals surface area contributed by atoms with Gasteiger partial charge in [0.1, 0.15) is 11.2 Å². The highest BCUT2D eigenvalue weighted by Gasteiger charge is 2.18. The van der Waals surface area contributed by atoms with Gasteiger partial charge in [0, 0.05) is 38.1 Å². The van der Waals surface area contributed by atoms with Crippen molar-refractivity contribution in [3.05, 3.63) is 103 Å². The Morgan fingerprint density at radius 3 is 2.24 bits per heavy atom. The molecule has 8 aromatic rings. The van der Waals surface area contributed by atoms with Gasteiger partial charge < -0.3 is 14.0 Å². The van der Waals surface area contributed by atoms with Crippen LogP contribution in [0.5, 0.6) is 0 Å². The van der Waals surface area contributed by atoms with E-state index in [0.717, 1.165) is 44.0 Å². The predicted octanol–water partition coefficient (Wildman–Crippen LogP) is 8.32. The van der Waals surface area contributed by atoms with Crippen molar-refractivity contribution >= 4 is 65.6 Å². The fourth-order valence-electron chi connectivity index (χ4n) is 5.48. The van der Waals surface area contributed by atoms with Gasteiger partial charge >= 0.3 is 0 Å². The Hall–Kier alpha value is -4.50. The number of hydrogen-bond donors (Lipinski definition) is 1. The van der Waals surface area contributed by atoms with E-state index < -0.39 is 0 Å². The number of benzene rings is 5. The van der Waals surface area contributed by atoms with Crippen LogP contribution in [-0.4, -0.2) is 9.55 Å². The van der Waals surface area contributed by atoms with Crippen LogP contribution in [0, 0.1) is 0 Å². The maximum atomic E-state index is 6.57. The van der Waals surface area contributed by atoms with Gasteiger partial charge in [0.05, 0.1) is 21.9 Å². The normalized spacial score (nSPS) is 12.2. The van der Waals surface area contributed by atoms with Gasteiger partial charge in [-0.25, -0.2) is 0 Å². The summed E-state index contributed by atoms with van der Waals surface area (Å²) in [5, 5.41) is 7.08. The average Bonchev–Trinajstić information content (AvgIpc) is 3.52. The van der Waals surface area contributed by atoms with Gasteiger partial charge in [-0.1, -0.05) is 54.6 Å². The fourth-order valence-corrected chi connectivity index (χ4v) is 5.48. The van der Waals surface area contributed by atoms with Gasteiger partial charge in [-0.15, -0.1) is 0 Å². The Bertz CT molecular complexity index is 2020. The van der Waals surface area contributed by atoms with Crippen molar-refractivity contribution in [3.8, 4) is 5.69 Å². The van der Waals surface area contributed by atoms with Crippen molar-refractivity contribution < 1.29 is 4.42 Å². The number of furan rings is 1. The van der Waals surface area contributed by atoms with E-state index in [1.54, 1.807) is 0 Å². The number of rotatable bonds is 1. The van der Waals surface area contributed by atoms with Gasteiger partial charge in [-0.2, -0.15) is 0 Å². The average molecular weight is 422 g/mol. The summed E-state index contributed by atoms with van der Waals surface area (Å²) < 4.78 is 8.93. The molecule has 5 aromatic carbocycles. The van der Waals surface area contributed by atoms with Crippen molar-refractivity contribution in [1.82, 2.24) is 9.55 Å². The van der Waals surface area contributed by atoms with E-state index in [9.17, 15) is 0 Å². The topological polar surface area (TPSA) is 33.9 Å². The molecule has 8 rings (SSSR count). The first-order valence-corrected chi connectivity index (χ1v) is 11.2. The van der Waals surface area contributed by atoms with Crippen molar-refractivity contribution in [2.75, 3.05) is 0 Å². The molecule has 0 saturated heterocycles. The van der Waals surface area contributed by atoms with Gasteiger partial charge in [0.2, 0.25) is 0 Å². The lowest BCUT2D eigenvalue weighted by molar-refractivity contribution is 0.673. The van der Waals surface area contributed by atoms with E-state index in [2.05, 4.69) is 113 Å². The number of fused-ring (bicyclic) bond motifs is 10. The Balaban J connectivity index is 1.57. The molecule has 0 aliphatic rings. The molecule has 0 amide bonds. The second-order valence-electron chi connectivity index (χ2n) is 8.69. The molecule has 0 spiro atoms. The number of aromatic amines is 1. The van der Waals surface area contributed by atoms with E-state index in [1.165, 1.54) is 27.2 Å². The van der Waals surface area contributed by atoms with Gasteiger partial charge in [0.25, 0.3) is 0 Å². The van der Waals surface area contributed by atoms with E-state index in [0.29, 0.717) is 0 Å². The first kappa shape index (κ1) is 17.1. The minimum Gasteiger partial charge on any atom is -0.455 e. The molecule has 0 fully saturated rings. The molecule has 0 bridgehead atoms. The Kier molecular flexibility index (Phi) is 3.14. The van der Waals surface area contributed by atoms with E-state index >= 15 is 0 Å². The lowest BCUT2D eigenvalue weighted by Crippen LogP contribution is -1.92. The molecule has 0 aliphatic carbocycles. The quantitative estimate of drug-likeness (QED) is 0.283. The molecule has 33 heavy (non-hydrogen) atoms. The zero-order valence-corrected chi connectivity index (χ0v) is 17.7. The number of aromatic nitrogens is 2. The monoisotopic (exact) mass is 422 g/mol. The van der Waals surface area contributed by atoms with Crippen LogP contribution in [0.2, 0.25) is 0 Å². The van der Waals surface area contributed by atoms with Crippen molar-refractivity contribution in [1.29, 1.82) is 0 Å². The van der Waals surface area contributed by atoms with Crippen LogP contribution in [0.1, 0.15) is 0 Å². The maximum Gasteiger partial charge on any atom is 0.145 e. The number of nitrogens with one attached hydrogen (secondary N) is 1. The van der Waals surface area contributed by atoms with E-state index in [1.807, 2.05) is 0 Å². The molecule has 0 unspecified atom stereocenters. The maximum absolute atomic E-state index is 6.57. The summed E-state index contributed by atoms with van der Waals surface area (Å²) in [4.78, 5) is 3.53. The predicted molar refractivity (Wildman–Crippen MR) is 137 cm³/mol. The highest BCUT2D eigenvalue weighted by Crippen LogP contribution is 2.41. The first-order chi connectivity index (χ1) is 16.4. The zero-order chi connectivity index (χ0) is 21.5. The molecule has 0 radical (unpaired) electrons.